The average Bonchev–Trinajstić information content (AvgIpc) is 2.90. The van der Waals surface area contributed by atoms with Crippen molar-refractivity contribution in [2.45, 2.75) is 0 Å². The average molecular weight is 221 g/mol. The first-order valence-corrected chi connectivity index (χ1v) is 5.23. The standard InChI is InChI=1S/C13H9N4/c1-2-6-12(7-3-1)17-10-13(15-16-17)11-5-4-8-14-9-11/h1-6,8-10H. The lowest BCUT2D eigenvalue weighted by molar-refractivity contribution is 0.803. The highest BCUT2D eigenvalue weighted by Crippen LogP contribution is 2.15. The van der Waals surface area contributed by atoms with Gasteiger partial charge in [0.1, 0.15) is 5.69 Å². The molecule has 4 heteroatoms. The smallest absolute Gasteiger partial charge is 0.115 e. The van der Waals surface area contributed by atoms with Crippen molar-refractivity contribution < 1.29 is 0 Å². The molecule has 2 heterocycles. The first-order valence-electron chi connectivity index (χ1n) is 5.23. The van der Waals surface area contributed by atoms with Crippen molar-refractivity contribution in [3.63, 3.8) is 0 Å². The van der Waals surface area contributed by atoms with Crippen LogP contribution in [0, 0.1) is 6.07 Å². The Morgan fingerprint density at radius 2 is 2.12 bits per heavy atom. The lowest BCUT2D eigenvalue weighted by Crippen LogP contribution is -1.93. The molecule has 0 saturated heterocycles. The fourth-order valence-electron chi connectivity index (χ4n) is 1.55. The largest absolute Gasteiger partial charge is 0.264 e. The summed E-state index contributed by atoms with van der Waals surface area (Å²) in [5, 5.41) is 8.19. The van der Waals surface area contributed by atoms with E-state index in [4.69, 9.17) is 0 Å². The van der Waals surface area contributed by atoms with E-state index in [0.29, 0.717) is 0 Å². The number of hydrogen-bond donors (Lipinski definition) is 0. The Bertz CT molecular complexity index is 548. The molecular formula is C13H9N4. The highest BCUT2D eigenvalue weighted by Gasteiger charge is 2.04. The molecule has 0 aliphatic carbocycles. The third kappa shape index (κ3) is 1.92. The van der Waals surface area contributed by atoms with Crippen LogP contribution in [0.3, 0.4) is 0 Å². The van der Waals surface area contributed by atoms with Crippen LogP contribution in [0.2, 0.25) is 0 Å². The molecule has 2 aromatic heterocycles. The normalized spacial score (nSPS) is 10.4. The summed E-state index contributed by atoms with van der Waals surface area (Å²) < 4.78 is 1.70. The second kappa shape index (κ2) is 4.17. The van der Waals surface area contributed by atoms with Gasteiger partial charge in [0.15, 0.2) is 0 Å². The molecule has 4 nitrogen and oxygen atoms in total. The van der Waals surface area contributed by atoms with Crippen LogP contribution in [-0.4, -0.2) is 20.0 Å². The first kappa shape index (κ1) is 9.72. The van der Waals surface area contributed by atoms with E-state index in [1.54, 1.807) is 17.1 Å². The van der Waals surface area contributed by atoms with Gasteiger partial charge in [-0.15, -0.1) is 5.10 Å². The van der Waals surface area contributed by atoms with Crippen LogP contribution in [0.5, 0.6) is 0 Å². The van der Waals surface area contributed by atoms with Gasteiger partial charge in [-0.1, -0.05) is 23.4 Å². The van der Waals surface area contributed by atoms with Crippen molar-refractivity contribution in [3.05, 3.63) is 61.1 Å². The van der Waals surface area contributed by atoms with Crippen molar-refractivity contribution in [3.8, 4) is 16.9 Å². The minimum atomic E-state index is 0.801. The molecule has 0 bridgehead atoms. The molecule has 3 rings (SSSR count). The number of rotatable bonds is 2. The summed E-state index contributed by atoms with van der Waals surface area (Å²) >= 11 is 0. The SMILES string of the molecule is [c]1ccccc1-n1cc(-c2cccnc2)nn1. The highest BCUT2D eigenvalue weighted by molar-refractivity contribution is 5.56. The minimum absolute atomic E-state index is 0.801. The molecule has 0 amide bonds. The molecule has 0 aliphatic heterocycles. The van der Waals surface area contributed by atoms with Crippen LogP contribution >= 0.6 is 0 Å². The van der Waals surface area contributed by atoms with Crippen molar-refractivity contribution in [2.75, 3.05) is 0 Å². The third-order valence-corrected chi connectivity index (χ3v) is 2.39. The third-order valence-electron chi connectivity index (χ3n) is 2.39. The highest BCUT2D eigenvalue weighted by atomic mass is 15.4. The number of pyridine rings is 1. The molecule has 0 N–H and O–H groups in total. The van der Waals surface area contributed by atoms with E-state index in [-0.39, 0.29) is 0 Å². The predicted octanol–water partition coefficient (Wildman–Crippen LogP) is 2.13. The topological polar surface area (TPSA) is 43.6 Å². The van der Waals surface area contributed by atoms with E-state index >= 15 is 0 Å². The lowest BCUT2D eigenvalue weighted by atomic mass is 10.2. The number of aromatic nitrogens is 4. The predicted molar refractivity (Wildman–Crippen MR) is 63.4 cm³/mol. The molecule has 17 heavy (non-hydrogen) atoms. The molecule has 0 fully saturated rings. The zero-order chi connectivity index (χ0) is 11.5. The van der Waals surface area contributed by atoms with Crippen LogP contribution in [0.1, 0.15) is 0 Å². The molecule has 0 aliphatic rings. The summed E-state index contributed by atoms with van der Waals surface area (Å²) in [5.74, 6) is 0. The minimum Gasteiger partial charge on any atom is -0.264 e. The Labute approximate surface area is 98.6 Å². The van der Waals surface area contributed by atoms with Gasteiger partial charge in [-0.2, -0.15) is 0 Å². The summed E-state index contributed by atoms with van der Waals surface area (Å²) in [6.07, 6.45) is 5.37. The fourth-order valence-corrected chi connectivity index (χ4v) is 1.55. The maximum atomic E-state index is 4.12. The number of hydrogen-bond acceptors (Lipinski definition) is 3. The summed E-state index contributed by atoms with van der Waals surface area (Å²) in [5.41, 5.74) is 2.63. The van der Waals surface area contributed by atoms with Crippen LogP contribution < -0.4 is 0 Å². The van der Waals surface area contributed by atoms with Crippen LogP contribution in [0.25, 0.3) is 16.9 Å². The first-order chi connectivity index (χ1) is 8.43. The van der Waals surface area contributed by atoms with Crippen LogP contribution in [0.15, 0.2) is 55.0 Å². The van der Waals surface area contributed by atoms with Gasteiger partial charge in [-0.25, -0.2) is 4.68 Å². The molecule has 1 radical (unpaired) electrons. The molecule has 0 atom stereocenters. The second-order valence-electron chi connectivity index (χ2n) is 3.54. The number of benzene rings is 1. The van der Waals surface area contributed by atoms with Gasteiger partial charge >= 0.3 is 0 Å². The molecule has 3 aromatic rings. The van der Waals surface area contributed by atoms with E-state index in [0.717, 1.165) is 16.9 Å². The fraction of sp³-hybridized carbons (Fsp3) is 0. The van der Waals surface area contributed by atoms with Crippen molar-refractivity contribution in [2.24, 2.45) is 0 Å². The van der Waals surface area contributed by atoms with Gasteiger partial charge in [0, 0.05) is 24.0 Å². The van der Waals surface area contributed by atoms with Crippen molar-refractivity contribution in [1.29, 1.82) is 0 Å². The van der Waals surface area contributed by atoms with E-state index in [1.165, 1.54) is 0 Å². The maximum Gasteiger partial charge on any atom is 0.115 e. The number of nitrogens with zero attached hydrogens (tertiary/aromatic N) is 4. The monoisotopic (exact) mass is 221 g/mol. The Morgan fingerprint density at radius 1 is 1.12 bits per heavy atom. The van der Waals surface area contributed by atoms with E-state index in [2.05, 4.69) is 21.4 Å². The van der Waals surface area contributed by atoms with Crippen molar-refractivity contribution in [1.82, 2.24) is 20.0 Å². The van der Waals surface area contributed by atoms with Gasteiger partial charge in [0.25, 0.3) is 0 Å². The van der Waals surface area contributed by atoms with Crippen LogP contribution in [-0.2, 0) is 0 Å². The van der Waals surface area contributed by atoms with Gasteiger partial charge in [-0.3, -0.25) is 4.98 Å². The van der Waals surface area contributed by atoms with E-state index in [1.807, 2.05) is 42.6 Å². The molecule has 0 spiro atoms. The lowest BCUT2D eigenvalue weighted by Gasteiger charge is -1.96. The Kier molecular flexibility index (Phi) is 2.38. The summed E-state index contributed by atoms with van der Waals surface area (Å²) in [6, 6.07) is 14.6. The van der Waals surface area contributed by atoms with Gasteiger partial charge in [-0.05, 0) is 18.2 Å². The van der Waals surface area contributed by atoms with Gasteiger partial charge < -0.3 is 0 Å². The molecule has 0 unspecified atom stereocenters. The van der Waals surface area contributed by atoms with Gasteiger partial charge in [0.05, 0.1) is 11.9 Å². The summed E-state index contributed by atoms with van der Waals surface area (Å²) in [7, 11) is 0. The zero-order valence-electron chi connectivity index (χ0n) is 8.99. The second-order valence-corrected chi connectivity index (χ2v) is 3.54. The molecule has 81 valence electrons. The number of para-hydroxylation sites is 1. The zero-order valence-corrected chi connectivity index (χ0v) is 8.99. The van der Waals surface area contributed by atoms with E-state index in [9.17, 15) is 0 Å². The Hall–Kier alpha value is -2.49. The van der Waals surface area contributed by atoms with Crippen molar-refractivity contribution >= 4 is 0 Å². The molecular weight excluding hydrogens is 212 g/mol. The Morgan fingerprint density at radius 3 is 2.88 bits per heavy atom. The Balaban J connectivity index is 1.99. The molecule has 0 saturated carbocycles. The quantitative estimate of drug-likeness (QED) is 0.665. The summed E-state index contributed by atoms with van der Waals surface area (Å²) in [4.78, 5) is 4.06. The maximum absolute atomic E-state index is 4.12. The van der Waals surface area contributed by atoms with Crippen LogP contribution in [0.4, 0.5) is 0 Å². The summed E-state index contributed by atoms with van der Waals surface area (Å²) in [6.45, 7) is 0. The van der Waals surface area contributed by atoms with Gasteiger partial charge in [0.2, 0.25) is 0 Å². The molecule has 1 aromatic carbocycles. The van der Waals surface area contributed by atoms with E-state index < -0.39 is 0 Å².